The molecule has 0 aliphatic heterocycles. The molecule has 0 amide bonds. The van der Waals surface area contributed by atoms with E-state index in [2.05, 4.69) is 24.4 Å². The Kier molecular flexibility index (Phi) is 4.80. The lowest BCUT2D eigenvalue weighted by Crippen LogP contribution is -2.37. The highest BCUT2D eigenvalue weighted by Gasteiger charge is 2.19. The second kappa shape index (κ2) is 6.41. The predicted octanol–water partition coefficient (Wildman–Crippen LogP) is 2.55. The number of para-hydroxylation sites is 1. The average Bonchev–Trinajstić information content (AvgIpc) is 2.42. The SMILES string of the molecule is CCNCc1cc2ccccc2nc1N(C)CC(C)(C)O. The molecule has 0 saturated carbocycles. The average molecular weight is 287 g/mol. The van der Waals surface area contributed by atoms with Crippen LogP contribution in [-0.2, 0) is 6.54 Å². The Bertz CT molecular complexity index is 604. The highest BCUT2D eigenvalue weighted by atomic mass is 16.3. The number of benzene rings is 1. The molecule has 0 aliphatic rings. The topological polar surface area (TPSA) is 48.4 Å². The van der Waals surface area contributed by atoms with E-state index in [1.54, 1.807) is 0 Å². The van der Waals surface area contributed by atoms with Gasteiger partial charge in [-0.05, 0) is 32.5 Å². The number of aromatic nitrogens is 1. The Labute approximate surface area is 126 Å². The van der Waals surface area contributed by atoms with E-state index < -0.39 is 5.60 Å². The maximum atomic E-state index is 10.0. The number of anilines is 1. The molecule has 0 fully saturated rings. The summed E-state index contributed by atoms with van der Waals surface area (Å²) < 4.78 is 0. The van der Waals surface area contributed by atoms with E-state index in [0.717, 1.165) is 35.4 Å². The van der Waals surface area contributed by atoms with E-state index in [4.69, 9.17) is 4.98 Å². The number of fused-ring (bicyclic) bond motifs is 1. The molecule has 4 heteroatoms. The van der Waals surface area contributed by atoms with Gasteiger partial charge in [0.1, 0.15) is 5.82 Å². The molecule has 2 rings (SSSR count). The normalized spacial score (nSPS) is 11.9. The van der Waals surface area contributed by atoms with Crippen LogP contribution in [0.4, 0.5) is 5.82 Å². The van der Waals surface area contributed by atoms with Crippen LogP contribution in [0.3, 0.4) is 0 Å². The van der Waals surface area contributed by atoms with Crippen LogP contribution in [0.2, 0.25) is 0 Å². The molecule has 114 valence electrons. The van der Waals surface area contributed by atoms with Gasteiger partial charge in [0.25, 0.3) is 0 Å². The smallest absolute Gasteiger partial charge is 0.133 e. The van der Waals surface area contributed by atoms with Crippen LogP contribution in [0.25, 0.3) is 10.9 Å². The van der Waals surface area contributed by atoms with Crippen molar-refractivity contribution in [2.75, 3.05) is 25.0 Å². The van der Waals surface area contributed by atoms with E-state index in [-0.39, 0.29) is 0 Å². The van der Waals surface area contributed by atoms with Crippen molar-refractivity contribution in [3.63, 3.8) is 0 Å². The van der Waals surface area contributed by atoms with Crippen molar-refractivity contribution in [1.29, 1.82) is 0 Å². The first kappa shape index (κ1) is 15.7. The molecule has 0 bridgehead atoms. The minimum absolute atomic E-state index is 0.539. The molecule has 0 radical (unpaired) electrons. The number of hydrogen-bond donors (Lipinski definition) is 2. The van der Waals surface area contributed by atoms with Crippen molar-refractivity contribution in [1.82, 2.24) is 10.3 Å². The largest absolute Gasteiger partial charge is 0.389 e. The Hall–Kier alpha value is -1.65. The van der Waals surface area contributed by atoms with Crippen LogP contribution < -0.4 is 10.2 Å². The monoisotopic (exact) mass is 287 g/mol. The van der Waals surface area contributed by atoms with Crippen LogP contribution >= 0.6 is 0 Å². The molecule has 0 unspecified atom stereocenters. The molecule has 1 aromatic heterocycles. The van der Waals surface area contributed by atoms with Crippen molar-refractivity contribution in [3.8, 4) is 0 Å². The molecular formula is C17H25N3O. The lowest BCUT2D eigenvalue weighted by molar-refractivity contribution is 0.0884. The Morgan fingerprint density at radius 1 is 1.29 bits per heavy atom. The number of aliphatic hydroxyl groups is 1. The molecule has 0 atom stereocenters. The van der Waals surface area contributed by atoms with Crippen LogP contribution in [0.5, 0.6) is 0 Å². The van der Waals surface area contributed by atoms with Gasteiger partial charge in [0, 0.05) is 31.1 Å². The molecule has 1 heterocycles. The summed E-state index contributed by atoms with van der Waals surface area (Å²) in [5.74, 6) is 0.928. The second-order valence-electron chi connectivity index (χ2n) is 6.11. The summed E-state index contributed by atoms with van der Waals surface area (Å²) in [4.78, 5) is 6.81. The van der Waals surface area contributed by atoms with Crippen molar-refractivity contribution in [3.05, 3.63) is 35.9 Å². The lowest BCUT2D eigenvalue weighted by Gasteiger charge is -2.28. The standard InChI is InChI=1S/C17H25N3O/c1-5-18-11-14-10-13-8-6-7-9-15(13)19-16(14)20(4)12-17(2,3)21/h6-10,18,21H,5,11-12H2,1-4H3. The molecule has 0 saturated heterocycles. The van der Waals surface area contributed by atoms with Crippen LogP contribution in [0.15, 0.2) is 30.3 Å². The minimum Gasteiger partial charge on any atom is -0.389 e. The minimum atomic E-state index is -0.752. The van der Waals surface area contributed by atoms with Gasteiger partial charge in [-0.1, -0.05) is 25.1 Å². The fraction of sp³-hybridized carbons (Fsp3) is 0.471. The van der Waals surface area contributed by atoms with Crippen molar-refractivity contribution in [2.45, 2.75) is 32.9 Å². The van der Waals surface area contributed by atoms with E-state index in [1.165, 1.54) is 0 Å². The molecule has 2 aromatic rings. The van der Waals surface area contributed by atoms with Gasteiger partial charge in [-0.25, -0.2) is 4.98 Å². The van der Waals surface area contributed by atoms with E-state index in [9.17, 15) is 5.11 Å². The Morgan fingerprint density at radius 2 is 2.00 bits per heavy atom. The van der Waals surface area contributed by atoms with Gasteiger partial charge >= 0.3 is 0 Å². The zero-order valence-electron chi connectivity index (χ0n) is 13.3. The zero-order valence-corrected chi connectivity index (χ0v) is 13.3. The van der Waals surface area contributed by atoms with Gasteiger partial charge in [0.05, 0.1) is 11.1 Å². The van der Waals surface area contributed by atoms with E-state index in [0.29, 0.717) is 6.54 Å². The van der Waals surface area contributed by atoms with Gasteiger partial charge in [-0.15, -0.1) is 0 Å². The summed E-state index contributed by atoms with van der Waals surface area (Å²) in [5.41, 5.74) is 1.38. The molecular weight excluding hydrogens is 262 g/mol. The highest BCUT2D eigenvalue weighted by Crippen LogP contribution is 2.24. The highest BCUT2D eigenvalue weighted by molar-refractivity contribution is 5.81. The van der Waals surface area contributed by atoms with E-state index in [1.807, 2.05) is 44.0 Å². The van der Waals surface area contributed by atoms with Crippen LogP contribution in [0.1, 0.15) is 26.3 Å². The van der Waals surface area contributed by atoms with Crippen molar-refractivity contribution >= 4 is 16.7 Å². The van der Waals surface area contributed by atoms with Crippen LogP contribution in [-0.4, -0.2) is 35.8 Å². The summed E-state index contributed by atoms with van der Waals surface area (Å²) in [6.45, 7) is 7.95. The third-order valence-corrected chi connectivity index (χ3v) is 3.33. The second-order valence-corrected chi connectivity index (χ2v) is 6.11. The summed E-state index contributed by atoms with van der Waals surface area (Å²) in [6.07, 6.45) is 0. The first-order valence-electron chi connectivity index (χ1n) is 7.43. The first-order valence-corrected chi connectivity index (χ1v) is 7.43. The molecule has 1 aromatic carbocycles. The Balaban J connectivity index is 2.42. The van der Waals surface area contributed by atoms with Crippen molar-refractivity contribution < 1.29 is 5.11 Å². The summed E-state index contributed by atoms with van der Waals surface area (Å²) in [5, 5.41) is 14.5. The molecule has 0 spiro atoms. The fourth-order valence-electron chi connectivity index (χ4n) is 2.53. The van der Waals surface area contributed by atoms with Crippen molar-refractivity contribution in [2.24, 2.45) is 0 Å². The number of nitrogens with zero attached hydrogens (tertiary/aromatic N) is 2. The van der Waals surface area contributed by atoms with Gasteiger partial charge < -0.3 is 15.3 Å². The van der Waals surface area contributed by atoms with Gasteiger partial charge in [0.2, 0.25) is 0 Å². The molecule has 0 aliphatic carbocycles. The summed E-state index contributed by atoms with van der Waals surface area (Å²) in [7, 11) is 1.98. The number of rotatable bonds is 6. The maximum absolute atomic E-state index is 10.0. The predicted molar refractivity (Wildman–Crippen MR) is 88.7 cm³/mol. The lowest BCUT2D eigenvalue weighted by atomic mass is 10.1. The summed E-state index contributed by atoms with van der Waals surface area (Å²) >= 11 is 0. The zero-order chi connectivity index (χ0) is 15.5. The van der Waals surface area contributed by atoms with Gasteiger partial charge in [0.15, 0.2) is 0 Å². The number of hydrogen-bond acceptors (Lipinski definition) is 4. The maximum Gasteiger partial charge on any atom is 0.133 e. The third kappa shape index (κ3) is 4.16. The summed E-state index contributed by atoms with van der Waals surface area (Å²) in [6, 6.07) is 10.3. The fourth-order valence-corrected chi connectivity index (χ4v) is 2.53. The van der Waals surface area contributed by atoms with Gasteiger partial charge in [-0.2, -0.15) is 0 Å². The number of pyridine rings is 1. The first-order chi connectivity index (χ1) is 9.90. The molecule has 2 N–H and O–H groups in total. The quantitative estimate of drug-likeness (QED) is 0.857. The number of nitrogens with one attached hydrogen (secondary N) is 1. The number of likely N-dealkylation sites (N-methyl/N-ethyl adjacent to an activating group) is 1. The Morgan fingerprint density at radius 3 is 2.67 bits per heavy atom. The molecule has 4 nitrogen and oxygen atoms in total. The third-order valence-electron chi connectivity index (χ3n) is 3.33. The van der Waals surface area contributed by atoms with E-state index >= 15 is 0 Å². The molecule has 21 heavy (non-hydrogen) atoms. The van der Waals surface area contributed by atoms with Crippen LogP contribution in [0, 0.1) is 0 Å². The van der Waals surface area contributed by atoms with Gasteiger partial charge in [-0.3, -0.25) is 0 Å².